The number of halogens is 1. The van der Waals surface area contributed by atoms with Gasteiger partial charge in [-0.1, -0.05) is 22.9 Å². The van der Waals surface area contributed by atoms with Gasteiger partial charge in [0.25, 0.3) is 0 Å². The number of rotatable bonds is 5. The first-order chi connectivity index (χ1) is 7.11. The molecular formula is C9H18BrNO2S2. The maximum atomic E-state index is 11.9. The van der Waals surface area contributed by atoms with Crippen molar-refractivity contribution in [1.82, 2.24) is 4.90 Å². The molecule has 1 fully saturated rings. The van der Waals surface area contributed by atoms with Crippen molar-refractivity contribution in [3.63, 3.8) is 0 Å². The topological polar surface area (TPSA) is 37.4 Å². The second kappa shape index (κ2) is 6.47. The van der Waals surface area contributed by atoms with Crippen molar-refractivity contribution in [2.75, 3.05) is 35.7 Å². The third-order valence-corrected chi connectivity index (χ3v) is 6.48. The van der Waals surface area contributed by atoms with Crippen LogP contribution in [-0.2, 0) is 9.84 Å². The highest BCUT2D eigenvalue weighted by Crippen LogP contribution is 2.21. The van der Waals surface area contributed by atoms with E-state index in [0.29, 0.717) is 0 Å². The summed E-state index contributed by atoms with van der Waals surface area (Å²) in [6, 6.07) is 0. The molecule has 1 atom stereocenters. The second-order valence-corrected chi connectivity index (χ2v) is 7.95. The number of nitrogens with zero attached hydrogens (tertiary/aromatic N) is 1. The Labute approximate surface area is 105 Å². The molecule has 0 aliphatic carbocycles. The Morgan fingerprint density at radius 3 is 2.87 bits per heavy atom. The monoisotopic (exact) mass is 315 g/mol. The summed E-state index contributed by atoms with van der Waals surface area (Å²) in [5, 5.41) is 0.690. The van der Waals surface area contributed by atoms with Gasteiger partial charge in [-0.05, 0) is 6.42 Å². The predicted molar refractivity (Wildman–Crippen MR) is 70.6 cm³/mol. The minimum Gasteiger partial charge on any atom is -0.286 e. The van der Waals surface area contributed by atoms with Gasteiger partial charge in [-0.25, -0.2) is 8.42 Å². The van der Waals surface area contributed by atoms with E-state index in [4.69, 9.17) is 0 Å². The minimum atomic E-state index is -2.91. The molecule has 1 aliphatic rings. The average Bonchev–Trinajstić information content (AvgIpc) is 2.26. The van der Waals surface area contributed by atoms with Crippen molar-refractivity contribution in [3.8, 4) is 0 Å². The van der Waals surface area contributed by atoms with E-state index in [-0.39, 0.29) is 11.1 Å². The molecule has 15 heavy (non-hydrogen) atoms. The Kier molecular flexibility index (Phi) is 5.95. The second-order valence-electron chi connectivity index (χ2n) is 3.56. The standard InChI is InChI=1S/C9H18BrNO2S2/c1-2-15(12,13)9-8-14-7-6-11(9)5-3-4-10/h9H,2-8H2,1H3. The molecule has 0 amide bonds. The minimum absolute atomic E-state index is 0.250. The molecular weight excluding hydrogens is 298 g/mol. The molecule has 1 aliphatic heterocycles. The van der Waals surface area contributed by atoms with Gasteiger partial charge < -0.3 is 0 Å². The lowest BCUT2D eigenvalue weighted by Gasteiger charge is -2.34. The highest BCUT2D eigenvalue weighted by Gasteiger charge is 2.32. The van der Waals surface area contributed by atoms with Crippen LogP contribution in [0.4, 0.5) is 0 Å². The van der Waals surface area contributed by atoms with Gasteiger partial charge >= 0.3 is 0 Å². The summed E-state index contributed by atoms with van der Waals surface area (Å²) < 4.78 is 23.7. The van der Waals surface area contributed by atoms with Crippen molar-refractivity contribution in [2.45, 2.75) is 18.7 Å². The Morgan fingerprint density at radius 1 is 1.53 bits per heavy atom. The first kappa shape index (κ1) is 13.8. The van der Waals surface area contributed by atoms with Gasteiger partial charge in [0, 0.05) is 35.7 Å². The van der Waals surface area contributed by atoms with Crippen LogP contribution in [-0.4, -0.2) is 54.4 Å². The molecule has 90 valence electrons. The number of hydrogen-bond donors (Lipinski definition) is 0. The normalized spacial score (nSPS) is 24.3. The van der Waals surface area contributed by atoms with E-state index in [1.807, 2.05) is 0 Å². The zero-order valence-electron chi connectivity index (χ0n) is 8.99. The molecule has 0 saturated carbocycles. The highest BCUT2D eigenvalue weighted by atomic mass is 79.9. The van der Waals surface area contributed by atoms with Gasteiger partial charge in [0.05, 0.1) is 0 Å². The van der Waals surface area contributed by atoms with Crippen LogP contribution in [0.15, 0.2) is 0 Å². The van der Waals surface area contributed by atoms with Crippen molar-refractivity contribution in [3.05, 3.63) is 0 Å². The molecule has 0 N–H and O–H groups in total. The van der Waals surface area contributed by atoms with E-state index in [0.717, 1.165) is 36.3 Å². The summed E-state index contributed by atoms with van der Waals surface area (Å²) in [6.07, 6.45) is 1.01. The lowest BCUT2D eigenvalue weighted by Crippen LogP contribution is -2.48. The third-order valence-electron chi connectivity index (χ3n) is 2.59. The fourth-order valence-corrected chi connectivity index (χ4v) is 5.02. The van der Waals surface area contributed by atoms with Crippen LogP contribution in [0.5, 0.6) is 0 Å². The Bertz CT molecular complexity index is 282. The summed E-state index contributed by atoms with van der Waals surface area (Å²) in [5.74, 6) is 2.04. The fourth-order valence-electron chi connectivity index (χ4n) is 1.66. The molecule has 0 aromatic carbocycles. The quantitative estimate of drug-likeness (QED) is 0.722. The van der Waals surface area contributed by atoms with E-state index in [1.54, 1.807) is 18.7 Å². The van der Waals surface area contributed by atoms with Crippen LogP contribution in [0.25, 0.3) is 0 Å². The van der Waals surface area contributed by atoms with E-state index < -0.39 is 9.84 Å². The van der Waals surface area contributed by atoms with Crippen LogP contribution in [0.1, 0.15) is 13.3 Å². The molecule has 1 unspecified atom stereocenters. The SMILES string of the molecule is CCS(=O)(=O)C1CSCCN1CCCBr. The number of sulfone groups is 1. The molecule has 0 aromatic rings. The molecule has 6 heteroatoms. The molecule has 0 spiro atoms. The van der Waals surface area contributed by atoms with Gasteiger partial charge in [0.2, 0.25) is 0 Å². The van der Waals surface area contributed by atoms with Crippen LogP contribution in [0.3, 0.4) is 0 Å². The molecule has 0 aromatic heterocycles. The van der Waals surface area contributed by atoms with E-state index in [2.05, 4.69) is 20.8 Å². The first-order valence-electron chi connectivity index (χ1n) is 5.21. The maximum absolute atomic E-state index is 11.9. The lowest BCUT2D eigenvalue weighted by atomic mass is 10.4. The first-order valence-corrected chi connectivity index (χ1v) is 9.20. The molecule has 1 saturated heterocycles. The summed E-state index contributed by atoms with van der Waals surface area (Å²) in [6.45, 7) is 3.52. The maximum Gasteiger partial charge on any atom is 0.166 e. The van der Waals surface area contributed by atoms with Crippen LogP contribution in [0, 0.1) is 0 Å². The highest BCUT2D eigenvalue weighted by molar-refractivity contribution is 9.09. The number of thioether (sulfide) groups is 1. The zero-order valence-corrected chi connectivity index (χ0v) is 12.2. The number of alkyl halides is 1. The van der Waals surface area contributed by atoms with Gasteiger partial charge in [-0.2, -0.15) is 11.8 Å². The van der Waals surface area contributed by atoms with Crippen LogP contribution >= 0.6 is 27.7 Å². The van der Waals surface area contributed by atoms with Crippen LogP contribution in [0.2, 0.25) is 0 Å². The van der Waals surface area contributed by atoms with E-state index in [1.165, 1.54) is 0 Å². The summed E-state index contributed by atoms with van der Waals surface area (Å²) in [5.41, 5.74) is 0. The van der Waals surface area contributed by atoms with Gasteiger partial charge in [-0.3, -0.25) is 4.90 Å². The largest absolute Gasteiger partial charge is 0.286 e. The molecule has 0 bridgehead atoms. The Morgan fingerprint density at radius 2 is 2.27 bits per heavy atom. The number of hydrogen-bond acceptors (Lipinski definition) is 4. The lowest BCUT2D eigenvalue weighted by molar-refractivity contribution is 0.271. The van der Waals surface area contributed by atoms with Gasteiger partial charge in [-0.15, -0.1) is 0 Å². The van der Waals surface area contributed by atoms with Gasteiger partial charge in [0.15, 0.2) is 9.84 Å². The van der Waals surface area contributed by atoms with E-state index in [9.17, 15) is 8.42 Å². The Hall–Kier alpha value is 0.740. The molecule has 0 radical (unpaired) electrons. The zero-order chi connectivity index (χ0) is 11.3. The Balaban J connectivity index is 2.65. The van der Waals surface area contributed by atoms with Crippen molar-refractivity contribution >= 4 is 37.5 Å². The molecule has 3 nitrogen and oxygen atoms in total. The van der Waals surface area contributed by atoms with Crippen molar-refractivity contribution in [2.24, 2.45) is 0 Å². The fraction of sp³-hybridized carbons (Fsp3) is 1.00. The van der Waals surface area contributed by atoms with Gasteiger partial charge in [0.1, 0.15) is 5.37 Å². The third kappa shape index (κ3) is 3.91. The molecule has 1 rings (SSSR count). The van der Waals surface area contributed by atoms with Crippen LogP contribution < -0.4 is 0 Å². The smallest absolute Gasteiger partial charge is 0.166 e. The van der Waals surface area contributed by atoms with E-state index >= 15 is 0 Å². The average molecular weight is 316 g/mol. The van der Waals surface area contributed by atoms with Crippen molar-refractivity contribution in [1.29, 1.82) is 0 Å². The predicted octanol–water partition coefficient (Wildman–Crippen LogP) is 1.58. The van der Waals surface area contributed by atoms with Crippen molar-refractivity contribution < 1.29 is 8.42 Å². The molecule has 1 heterocycles. The summed E-state index contributed by atoms with van der Waals surface area (Å²) in [7, 11) is -2.91. The summed E-state index contributed by atoms with van der Waals surface area (Å²) in [4.78, 5) is 2.12. The summed E-state index contributed by atoms with van der Waals surface area (Å²) >= 11 is 5.13.